The van der Waals surface area contributed by atoms with Crippen LogP contribution in [0.4, 0.5) is 23.7 Å². The first-order chi connectivity index (χ1) is 9.74. The Kier molecular flexibility index (Phi) is 3.88. The zero-order valence-corrected chi connectivity index (χ0v) is 10.9. The van der Waals surface area contributed by atoms with Crippen molar-refractivity contribution < 1.29 is 22.4 Å². The number of urea groups is 1. The zero-order chi connectivity index (χ0) is 15.6. The van der Waals surface area contributed by atoms with E-state index in [1.54, 1.807) is 0 Å². The molecule has 0 aliphatic heterocycles. The Morgan fingerprint density at radius 3 is 2.67 bits per heavy atom. The molecule has 1 aromatic carbocycles. The maximum absolute atomic E-state index is 12.2. The number of nitrogens with one attached hydrogen (secondary N) is 1. The quantitative estimate of drug-likeness (QED) is 0.867. The summed E-state index contributed by atoms with van der Waals surface area (Å²) in [6.07, 6.45) is -4.46. The van der Waals surface area contributed by atoms with Gasteiger partial charge < -0.3 is 14.6 Å². The normalized spacial score (nSPS) is 11.4. The number of alkyl halides is 3. The molecule has 0 bridgehead atoms. The molecule has 0 spiro atoms. The number of amides is 2. The minimum atomic E-state index is -4.46. The minimum absolute atomic E-state index is 0.301. The van der Waals surface area contributed by atoms with Crippen LogP contribution >= 0.6 is 0 Å². The Morgan fingerprint density at radius 2 is 2.00 bits per heavy atom. The van der Waals surface area contributed by atoms with Crippen molar-refractivity contribution in [3.63, 3.8) is 0 Å². The highest BCUT2D eigenvalue weighted by Crippen LogP contribution is 2.19. The number of halogens is 3. The first kappa shape index (κ1) is 14.9. The molecule has 0 aliphatic carbocycles. The molecule has 1 heterocycles. The molecule has 112 valence electrons. The van der Waals surface area contributed by atoms with Gasteiger partial charge in [-0.1, -0.05) is 0 Å². The maximum atomic E-state index is 12.2. The van der Waals surface area contributed by atoms with Crippen LogP contribution in [-0.2, 0) is 0 Å². The highest BCUT2D eigenvalue weighted by molar-refractivity contribution is 5.92. The third-order valence-electron chi connectivity index (χ3n) is 2.63. The molecule has 0 radical (unpaired) electrons. The standard InChI is InChI=1S/C13H11F3N2O3/c1-18(7-13(14,15)16)12(20)17-9-3-4-10-8(6-9)2-5-11(19)21-10/h2-6H,7H2,1H3,(H,17,20). The Morgan fingerprint density at radius 1 is 1.29 bits per heavy atom. The Balaban J connectivity index is 2.14. The third kappa shape index (κ3) is 3.98. The number of rotatable bonds is 2. The van der Waals surface area contributed by atoms with E-state index in [-0.39, 0.29) is 0 Å². The fourth-order valence-electron chi connectivity index (χ4n) is 1.71. The number of carbonyl (C=O) groups is 1. The number of anilines is 1. The van der Waals surface area contributed by atoms with Crippen LogP contribution in [0.25, 0.3) is 11.0 Å². The second kappa shape index (κ2) is 5.47. The molecule has 1 N–H and O–H groups in total. The fourth-order valence-corrected chi connectivity index (χ4v) is 1.71. The van der Waals surface area contributed by atoms with Gasteiger partial charge in [-0.25, -0.2) is 9.59 Å². The molecule has 2 aromatic rings. The number of carbonyl (C=O) groups excluding carboxylic acids is 1. The van der Waals surface area contributed by atoms with Gasteiger partial charge in [0, 0.05) is 24.2 Å². The second-order valence-electron chi connectivity index (χ2n) is 4.41. The molecule has 2 rings (SSSR count). The predicted molar refractivity (Wildman–Crippen MR) is 70.2 cm³/mol. The van der Waals surface area contributed by atoms with Crippen LogP contribution < -0.4 is 10.9 Å². The van der Waals surface area contributed by atoms with Crippen molar-refractivity contribution in [2.75, 3.05) is 18.9 Å². The molecule has 0 saturated carbocycles. The van der Waals surface area contributed by atoms with E-state index in [9.17, 15) is 22.8 Å². The molecular weight excluding hydrogens is 289 g/mol. The van der Waals surface area contributed by atoms with Crippen molar-refractivity contribution in [2.24, 2.45) is 0 Å². The van der Waals surface area contributed by atoms with Crippen molar-refractivity contribution in [2.45, 2.75) is 6.18 Å². The van der Waals surface area contributed by atoms with Crippen molar-refractivity contribution >= 4 is 22.7 Å². The number of fused-ring (bicyclic) bond motifs is 1. The average Bonchev–Trinajstić information content (AvgIpc) is 2.37. The van der Waals surface area contributed by atoms with E-state index in [0.717, 1.165) is 7.05 Å². The largest absolute Gasteiger partial charge is 0.423 e. The zero-order valence-electron chi connectivity index (χ0n) is 10.9. The van der Waals surface area contributed by atoms with E-state index >= 15 is 0 Å². The summed E-state index contributed by atoms with van der Waals surface area (Å²) in [6.45, 7) is -1.35. The monoisotopic (exact) mass is 300 g/mol. The van der Waals surface area contributed by atoms with E-state index in [1.807, 2.05) is 0 Å². The second-order valence-corrected chi connectivity index (χ2v) is 4.41. The molecule has 0 atom stereocenters. The number of hydrogen-bond donors (Lipinski definition) is 1. The van der Waals surface area contributed by atoms with Gasteiger partial charge in [0.15, 0.2) is 0 Å². The van der Waals surface area contributed by atoms with Crippen LogP contribution in [0.2, 0.25) is 0 Å². The first-order valence-corrected chi connectivity index (χ1v) is 5.87. The van der Waals surface area contributed by atoms with Crippen molar-refractivity contribution in [3.05, 3.63) is 40.8 Å². The molecule has 0 fully saturated rings. The van der Waals surface area contributed by atoms with Crippen molar-refractivity contribution in [3.8, 4) is 0 Å². The van der Waals surface area contributed by atoms with E-state index in [4.69, 9.17) is 4.42 Å². The molecule has 0 saturated heterocycles. The van der Waals surface area contributed by atoms with Crippen molar-refractivity contribution in [1.29, 1.82) is 0 Å². The lowest BCUT2D eigenvalue weighted by Crippen LogP contribution is -2.38. The summed E-state index contributed by atoms with van der Waals surface area (Å²) in [5, 5.41) is 2.89. The van der Waals surface area contributed by atoms with Gasteiger partial charge in [0.25, 0.3) is 0 Å². The van der Waals surface area contributed by atoms with Crippen LogP contribution in [0.3, 0.4) is 0 Å². The number of benzene rings is 1. The molecule has 21 heavy (non-hydrogen) atoms. The van der Waals surface area contributed by atoms with Gasteiger partial charge in [-0.2, -0.15) is 13.2 Å². The van der Waals surface area contributed by atoms with Crippen LogP contribution in [0, 0.1) is 0 Å². The lowest BCUT2D eigenvalue weighted by molar-refractivity contribution is -0.137. The molecule has 1 aromatic heterocycles. The van der Waals surface area contributed by atoms with E-state index < -0.39 is 24.4 Å². The van der Waals surface area contributed by atoms with Gasteiger partial charge >= 0.3 is 17.8 Å². The number of hydrogen-bond acceptors (Lipinski definition) is 3. The highest BCUT2D eigenvalue weighted by atomic mass is 19.4. The van der Waals surface area contributed by atoms with Crippen LogP contribution in [-0.4, -0.2) is 30.7 Å². The minimum Gasteiger partial charge on any atom is -0.423 e. The Hall–Kier alpha value is -2.51. The molecule has 0 unspecified atom stereocenters. The lowest BCUT2D eigenvalue weighted by atomic mass is 10.2. The summed E-state index contributed by atoms with van der Waals surface area (Å²) in [6, 6.07) is 6.21. The third-order valence-corrected chi connectivity index (χ3v) is 2.63. The van der Waals surface area contributed by atoms with Gasteiger partial charge in [0.1, 0.15) is 12.1 Å². The summed E-state index contributed by atoms with van der Waals surface area (Å²) in [5.74, 6) is 0. The van der Waals surface area contributed by atoms with Crippen LogP contribution in [0.15, 0.2) is 39.5 Å². The Labute approximate surface area is 117 Å². The summed E-state index contributed by atoms with van der Waals surface area (Å²) < 4.78 is 41.5. The molecular formula is C13H11F3N2O3. The predicted octanol–water partition coefficient (Wildman–Crippen LogP) is 2.82. The van der Waals surface area contributed by atoms with Crippen LogP contribution in [0.5, 0.6) is 0 Å². The summed E-state index contributed by atoms with van der Waals surface area (Å²) >= 11 is 0. The van der Waals surface area contributed by atoms with E-state index in [0.29, 0.717) is 21.6 Å². The molecule has 2 amide bonds. The first-order valence-electron chi connectivity index (χ1n) is 5.87. The topological polar surface area (TPSA) is 62.6 Å². The van der Waals surface area contributed by atoms with Gasteiger partial charge in [-0.05, 0) is 24.3 Å². The lowest BCUT2D eigenvalue weighted by Gasteiger charge is -2.19. The van der Waals surface area contributed by atoms with Gasteiger partial charge in [-0.15, -0.1) is 0 Å². The maximum Gasteiger partial charge on any atom is 0.406 e. The molecule has 5 nitrogen and oxygen atoms in total. The van der Waals surface area contributed by atoms with Crippen molar-refractivity contribution in [1.82, 2.24) is 4.90 Å². The highest BCUT2D eigenvalue weighted by Gasteiger charge is 2.31. The van der Waals surface area contributed by atoms with Gasteiger partial charge in [-0.3, -0.25) is 0 Å². The molecule has 0 aliphatic rings. The van der Waals surface area contributed by atoms with Gasteiger partial charge in [0.2, 0.25) is 0 Å². The summed E-state index contributed by atoms with van der Waals surface area (Å²) in [7, 11) is 1.04. The molecule has 8 heteroatoms. The average molecular weight is 300 g/mol. The number of nitrogens with zero attached hydrogens (tertiary/aromatic N) is 1. The summed E-state index contributed by atoms with van der Waals surface area (Å²) in [5.41, 5.74) is 0.115. The SMILES string of the molecule is CN(CC(F)(F)F)C(=O)Nc1ccc2oc(=O)ccc2c1. The van der Waals surface area contributed by atoms with E-state index in [2.05, 4.69) is 5.32 Å². The Bertz CT molecular complexity index is 724. The fraction of sp³-hybridized carbons (Fsp3) is 0.231. The summed E-state index contributed by atoms with van der Waals surface area (Å²) in [4.78, 5) is 23.2. The van der Waals surface area contributed by atoms with Crippen LogP contribution in [0.1, 0.15) is 0 Å². The smallest absolute Gasteiger partial charge is 0.406 e. The van der Waals surface area contributed by atoms with E-state index in [1.165, 1.54) is 30.3 Å². The van der Waals surface area contributed by atoms with Gasteiger partial charge in [0.05, 0.1) is 0 Å².